The number of aryl methyl sites for hydroxylation is 2. The van der Waals surface area contributed by atoms with E-state index in [2.05, 4.69) is 39.4 Å². The van der Waals surface area contributed by atoms with Crippen molar-refractivity contribution < 1.29 is 4.42 Å². The topological polar surface area (TPSA) is 68.2 Å². The van der Waals surface area contributed by atoms with Crippen LogP contribution in [-0.4, -0.2) is 19.6 Å². The summed E-state index contributed by atoms with van der Waals surface area (Å²) in [4.78, 5) is 9.02. The summed E-state index contributed by atoms with van der Waals surface area (Å²) in [5.74, 6) is 2.54. The van der Waals surface area contributed by atoms with Crippen LogP contribution in [0, 0.1) is 20.8 Å². The average molecular weight is 319 g/mol. The molecular formula is C18H17N5O. The van der Waals surface area contributed by atoms with Gasteiger partial charge >= 0.3 is 0 Å². The van der Waals surface area contributed by atoms with Crippen molar-refractivity contribution in [2.45, 2.75) is 20.8 Å². The van der Waals surface area contributed by atoms with Crippen molar-refractivity contribution >= 4 is 17.3 Å². The fraction of sp³-hybridized carbons (Fsp3) is 0.167. The van der Waals surface area contributed by atoms with Crippen LogP contribution in [0.2, 0.25) is 0 Å². The minimum atomic E-state index is 0.518. The second-order valence-electron chi connectivity index (χ2n) is 5.79. The minimum absolute atomic E-state index is 0.518. The first-order valence-corrected chi connectivity index (χ1v) is 7.73. The fourth-order valence-corrected chi connectivity index (χ4v) is 2.61. The van der Waals surface area contributed by atoms with E-state index in [9.17, 15) is 0 Å². The van der Waals surface area contributed by atoms with E-state index in [1.54, 1.807) is 10.8 Å². The highest BCUT2D eigenvalue weighted by molar-refractivity contribution is 5.64. The molecule has 0 spiro atoms. The van der Waals surface area contributed by atoms with E-state index in [1.807, 2.05) is 38.1 Å². The molecule has 0 unspecified atom stereocenters. The monoisotopic (exact) mass is 319 g/mol. The van der Waals surface area contributed by atoms with Crippen LogP contribution >= 0.6 is 0 Å². The lowest BCUT2D eigenvalue weighted by Gasteiger charge is -2.12. The van der Waals surface area contributed by atoms with E-state index in [4.69, 9.17) is 4.42 Å². The fourth-order valence-electron chi connectivity index (χ4n) is 2.61. The molecule has 0 aliphatic heterocycles. The Hall–Kier alpha value is -3.15. The molecule has 6 nitrogen and oxygen atoms in total. The molecule has 0 saturated carbocycles. The number of fused-ring (bicyclic) bond motifs is 1. The van der Waals surface area contributed by atoms with Gasteiger partial charge in [0, 0.05) is 16.9 Å². The number of hydrogen-bond acceptors (Lipinski definition) is 5. The van der Waals surface area contributed by atoms with Crippen molar-refractivity contribution in [3.05, 3.63) is 59.5 Å². The summed E-state index contributed by atoms with van der Waals surface area (Å²) in [5, 5.41) is 8.01. The first kappa shape index (κ1) is 14.4. The molecule has 0 saturated heterocycles. The summed E-state index contributed by atoms with van der Waals surface area (Å²) in [7, 11) is 0. The molecule has 0 amide bonds. The van der Waals surface area contributed by atoms with E-state index in [-0.39, 0.29) is 0 Å². The molecular weight excluding hydrogens is 302 g/mol. The molecule has 0 bridgehead atoms. The Morgan fingerprint density at radius 1 is 1.04 bits per heavy atom. The van der Waals surface area contributed by atoms with Crippen LogP contribution < -0.4 is 5.32 Å². The number of anilines is 2. The van der Waals surface area contributed by atoms with E-state index in [1.165, 1.54) is 5.56 Å². The molecule has 4 aromatic rings. The smallest absolute Gasteiger partial charge is 0.255 e. The molecule has 3 heterocycles. The van der Waals surface area contributed by atoms with Gasteiger partial charge in [0.25, 0.3) is 5.78 Å². The maximum Gasteiger partial charge on any atom is 0.255 e. The predicted octanol–water partition coefficient (Wildman–Crippen LogP) is 4.05. The number of aromatic nitrogens is 4. The Morgan fingerprint density at radius 2 is 1.92 bits per heavy atom. The highest BCUT2D eigenvalue weighted by atomic mass is 16.3. The lowest BCUT2D eigenvalue weighted by Crippen LogP contribution is -2.06. The summed E-state index contributed by atoms with van der Waals surface area (Å²) >= 11 is 0. The summed E-state index contributed by atoms with van der Waals surface area (Å²) in [6, 6.07) is 11.9. The average Bonchev–Trinajstić information content (AvgIpc) is 3.20. The van der Waals surface area contributed by atoms with E-state index < -0.39 is 0 Å². The van der Waals surface area contributed by atoms with Crippen LogP contribution in [0.3, 0.4) is 0 Å². The lowest BCUT2D eigenvalue weighted by molar-refractivity contribution is 0.577. The Labute approximate surface area is 139 Å². The van der Waals surface area contributed by atoms with Gasteiger partial charge < -0.3 is 9.73 Å². The van der Waals surface area contributed by atoms with Gasteiger partial charge in [0.15, 0.2) is 5.76 Å². The van der Waals surface area contributed by atoms with Crippen LogP contribution in [0.15, 0.2) is 47.1 Å². The summed E-state index contributed by atoms with van der Waals surface area (Å²) in [6.45, 7) is 6.06. The second kappa shape index (κ2) is 5.49. The molecule has 120 valence electrons. The molecule has 6 heteroatoms. The quantitative estimate of drug-likeness (QED) is 0.617. The van der Waals surface area contributed by atoms with Crippen molar-refractivity contribution in [3.63, 3.8) is 0 Å². The van der Waals surface area contributed by atoms with Crippen molar-refractivity contribution in [1.29, 1.82) is 0 Å². The predicted molar refractivity (Wildman–Crippen MR) is 92.4 cm³/mol. The summed E-state index contributed by atoms with van der Waals surface area (Å²) in [6.07, 6.45) is 1.61. The zero-order valence-electron chi connectivity index (χ0n) is 13.7. The molecule has 0 atom stereocenters. The third-order valence-corrected chi connectivity index (χ3v) is 3.99. The zero-order valence-corrected chi connectivity index (χ0v) is 13.7. The third kappa shape index (κ3) is 2.42. The highest BCUT2D eigenvalue weighted by Crippen LogP contribution is 2.25. The molecule has 0 aliphatic rings. The third-order valence-electron chi connectivity index (χ3n) is 3.99. The van der Waals surface area contributed by atoms with Gasteiger partial charge in [-0.3, -0.25) is 0 Å². The van der Waals surface area contributed by atoms with Gasteiger partial charge in [0.1, 0.15) is 5.82 Å². The van der Waals surface area contributed by atoms with Gasteiger partial charge in [-0.1, -0.05) is 12.1 Å². The van der Waals surface area contributed by atoms with Crippen LogP contribution in [0.1, 0.15) is 16.8 Å². The van der Waals surface area contributed by atoms with Crippen molar-refractivity contribution in [2.24, 2.45) is 0 Å². The number of nitrogens with zero attached hydrogens (tertiary/aromatic N) is 4. The lowest BCUT2D eigenvalue weighted by atomic mass is 10.2. The van der Waals surface area contributed by atoms with Gasteiger partial charge in [0.2, 0.25) is 5.82 Å². The van der Waals surface area contributed by atoms with Crippen LogP contribution in [-0.2, 0) is 0 Å². The van der Waals surface area contributed by atoms with E-state index in [0.717, 1.165) is 22.8 Å². The highest BCUT2D eigenvalue weighted by Gasteiger charge is 2.16. The van der Waals surface area contributed by atoms with Crippen LogP contribution in [0.5, 0.6) is 0 Å². The first-order chi connectivity index (χ1) is 11.6. The number of rotatable bonds is 3. The van der Waals surface area contributed by atoms with Gasteiger partial charge in [-0.05, 0) is 50.6 Å². The maximum absolute atomic E-state index is 5.40. The number of nitrogens with one attached hydrogen (secondary N) is 1. The van der Waals surface area contributed by atoms with Crippen molar-refractivity contribution in [2.75, 3.05) is 5.32 Å². The van der Waals surface area contributed by atoms with Gasteiger partial charge in [-0.15, -0.1) is 5.10 Å². The zero-order chi connectivity index (χ0) is 16.7. The molecule has 3 aromatic heterocycles. The van der Waals surface area contributed by atoms with Gasteiger partial charge in [-0.2, -0.15) is 9.50 Å². The molecule has 4 rings (SSSR count). The second-order valence-corrected chi connectivity index (χ2v) is 5.79. The van der Waals surface area contributed by atoms with Crippen molar-refractivity contribution in [3.8, 4) is 11.6 Å². The molecule has 1 N–H and O–H groups in total. The van der Waals surface area contributed by atoms with Crippen LogP contribution in [0.4, 0.5) is 11.5 Å². The molecule has 0 radical (unpaired) electrons. The Balaban J connectivity index is 1.88. The molecule has 1 aromatic carbocycles. The van der Waals surface area contributed by atoms with E-state index >= 15 is 0 Å². The Bertz CT molecular complexity index is 1020. The number of hydrogen-bond donors (Lipinski definition) is 1. The van der Waals surface area contributed by atoms with Crippen molar-refractivity contribution in [1.82, 2.24) is 19.6 Å². The maximum atomic E-state index is 5.40. The summed E-state index contributed by atoms with van der Waals surface area (Å²) < 4.78 is 7.12. The largest absolute Gasteiger partial charge is 0.461 e. The molecule has 0 fully saturated rings. The summed E-state index contributed by atoms with van der Waals surface area (Å²) in [5.41, 5.74) is 4.13. The van der Waals surface area contributed by atoms with Crippen LogP contribution in [0.25, 0.3) is 17.4 Å². The minimum Gasteiger partial charge on any atom is -0.461 e. The molecule has 24 heavy (non-hydrogen) atoms. The van der Waals surface area contributed by atoms with Gasteiger partial charge in [-0.25, -0.2) is 4.98 Å². The first-order valence-electron chi connectivity index (χ1n) is 7.73. The number of furan rings is 1. The normalized spacial score (nSPS) is 11.1. The standard InChI is InChI=1S/C18H17N5O/c1-11-6-4-7-14(10-11)20-17-12(2)13(3)19-18-21-16(22-23(17)18)15-8-5-9-24-15/h4-10,20H,1-3H3. The molecule has 0 aliphatic carbocycles. The Kier molecular flexibility index (Phi) is 3.30. The van der Waals surface area contributed by atoms with E-state index in [0.29, 0.717) is 17.4 Å². The van der Waals surface area contributed by atoms with Gasteiger partial charge in [0.05, 0.1) is 6.26 Å². The Morgan fingerprint density at radius 3 is 2.67 bits per heavy atom. The number of benzene rings is 1. The SMILES string of the molecule is Cc1cccc(Nc2c(C)c(C)nc3nc(-c4ccco4)nn23)c1.